The van der Waals surface area contributed by atoms with Crippen molar-refractivity contribution in [3.8, 4) is 0 Å². The van der Waals surface area contributed by atoms with Gasteiger partial charge in [-0.25, -0.2) is 0 Å². The number of hydrogen-bond acceptors (Lipinski definition) is 0. The van der Waals surface area contributed by atoms with E-state index in [4.69, 9.17) is 0 Å². The van der Waals surface area contributed by atoms with E-state index in [1.165, 1.54) is 11.1 Å². The summed E-state index contributed by atoms with van der Waals surface area (Å²) in [6.07, 6.45) is 6.76. The van der Waals surface area contributed by atoms with E-state index in [1.54, 1.807) is 0 Å². The highest BCUT2D eigenvalue weighted by atomic mass is 13.9. The van der Waals surface area contributed by atoms with Crippen molar-refractivity contribution in [2.45, 2.75) is 40.5 Å². The molecule has 58 valence electrons. The zero-order valence-electron chi connectivity index (χ0n) is 7.57. The predicted octanol–water partition coefficient (Wildman–Crippen LogP) is 3.70. The molecule has 0 fully saturated rings. The summed E-state index contributed by atoms with van der Waals surface area (Å²) in [4.78, 5) is 0. The SMILES string of the molecule is CC=C(C)CC(C)=CCC. The third-order valence-electron chi connectivity index (χ3n) is 1.60. The highest BCUT2D eigenvalue weighted by Gasteiger charge is 1.88. The molecule has 0 saturated heterocycles. The maximum Gasteiger partial charge on any atom is -0.0114 e. The monoisotopic (exact) mass is 138 g/mol. The third kappa shape index (κ3) is 4.37. The Hall–Kier alpha value is -0.520. The molecule has 0 aromatic rings. The number of allylic oxidation sites excluding steroid dienone is 4. The lowest BCUT2D eigenvalue weighted by molar-refractivity contribution is 1.06. The summed E-state index contributed by atoms with van der Waals surface area (Å²) >= 11 is 0. The van der Waals surface area contributed by atoms with Crippen LogP contribution in [0.1, 0.15) is 40.5 Å². The van der Waals surface area contributed by atoms with Crippen LogP contribution < -0.4 is 0 Å². The summed E-state index contributed by atoms with van der Waals surface area (Å²) in [6, 6.07) is 0. The van der Waals surface area contributed by atoms with E-state index in [9.17, 15) is 0 Å². The van der Waals surface area contributed by atoms with Crippen LogP contribution in [0, 0.1) is 0 Å². The molecule has 0 radical (unpaired) electrons. The van der Waals surface area contributed by atoms with Gasteiger partial charge in [0.25, 0.3) is 0 Å². The van der Waals surface area contributed by atoms with Crippen molar-refractivity contribution in [2.75, 3.05) is 0 Å². The normalized spacial score (nSPS) is 14.0. The van der Waals surface area contributed by atoms with Gasteiger partial charge in [0.1, 0.15) is 0 Å². The summed E-state index contributed by atoms with van der Waals surface area (Å²) in [5.74, 6) is 0. The van der Waals surface area contributed by atoms with E-state index in [2.05, 4.69) is 39.8 Å². The third-order valence-corrected chi connectivity index (χ3v) is 1.60. The number of hydrogen-bond donors (Lipinski definition) is 0. The van der Waals surface area contributed by atoms with Crippen molar-refractivity contribution in [2.24, 2.45) is 0 Å². The second kappa shape index (κ2) is 5.28. The van der Waals surface area contributed by atoms with Crippen molar-refractivity contribution in [3.05, 3.63) is 23.3 Å². The van der Waals surface area contributed by atoms with Crippen molar-refractivity contribution in [3.63, 3.8) is 0 Å². The van der Waals surface area contributed by atoms with Gasteiger partial charge in [0.2, 0.25) is 0 Å². The molecule has 10 heavy (non-hydrogen) atoms. The van der Waals surface area contributed by atoms with Gasteiger partial charge in [0.15, 0.2) is 0 Å². The van der Waals surface area contributed by atoms with Crippen LogP contribution in [0.4, 0.5) is 0 Å². The van der Waals surface area contributed by atoms with Crippen molar-refractivity contribution in [1.82, 2.24) is 0 Å². The Balaban J connectivity index is 3.79. The van der Waals surface area contributed by atoms with Crippen LogP contribution in [-0.4, -0.2) is 0 Å². The Morgan fingerprint density at radius 2 is 1.80 bits per heavy atom. The molecule has 0 rings (SSSR count). The summed E-state index contributed by atoms with van der Waals surface area (Å²) in [5.41, 5.74) is 2.94. The topological polar surface area (TPSA) is 0 Å². The molecule has 0 N–H and O–H groups in total. The van der Waals surface area contributed by atoms with E-state index in [0.717, 1.165) is 12.8 Å². The van der Waals surface area contributed by atoms with Crippen LogP contribution in [0.25, 0.3) is 0 Å². The molecule has 0 heterocycles. The first-order chi connectivity index (χ1) is 4.70. The first-order valence-corrected chi connectivity index (χ1v) is 3.98. The van der Waals surface area contributed by atoms with E-state index in [0.29, 0.717) is 0 Å². The molecule has 0 bridgehead atoms. The molecule has 0 nitrogen and oxygen atoms in total. The molecule has 0 aliphatic rings. The summed E-state index contributed by atoms with van der Waals surface area (Å²) in [5, 5.41) is 0. The Bertz CT molecular complexity index is 138. The first kappa shape index (κ1) is 9.48. The van der Waals surface area contributed by atoms with Gasteiger partial charge in [-0.15, -0.1) is 0 Å². The minimum absolute atomic E-state index is 1.14. The zero-order chi connectivity index (χ0) is 7.98. The predicted molar refractivity (Wildman–Crippen MR) is 48.1 cm³/mol. The van der Waals surface area contributed by atoms with E-state index < -0.39 is 0 Å². The van der Waals surface area contributed by atoms with E-state index >= 15 is 0 Å². The molecule has 0 aromatic heterocycles. The minimum Gasteiger partial charge on any atom is -0.0884 e. The van der Waals surface area contributed by atoms with E-state index in [-0.39, 0.29) is 0 Å². The summed E-state index contributed by atoms with van der Waals surface area (Å²) in [7, 11) is 0. The molecule has 0 unspecified atom stereocenters. The quantitative estimate of drug-likeness (QED) is 0.522. The molecule has 0 aromatic carbocycles. The molecule has 0 amide bonds. The zero-order valence-corrected chi connectivity index (χ0v) is 7.57. The Kier molecular flexibility index (Phi) is 5.00. The fraction of sp³-hybridized carbons (Fsp3) is 0.600. The van der Waals surface area contributed by atoms with Gasteiger partial charge in [0, 0.05) is 0 Å². The maximum atomic E-state index is 2.28. The van der Waals surface area contributed by atoms with Gasteiger partial charge in [-0.05, 0) is 33.6 Å². The molecular weight excluding hydrogens is 120 g/mol. The lowest BCUT2D eigenvalue weighted by Crippen LogP contribution is -1.78. The largest absolute Gasteiger partial charge is 0.0884 e. The Labute approximate surface area is 64.6 Å². The molecule has 0 aliphatic carbocycles. The summed E-state index contributed by atoms with van der Waals surface area (Å²) in [6.45, 7) is 8.63. The van der Waals surface area contributed by atoms with Crippen molar-refractivity contribution < 1.29 is 0 Å². The molecule has 0 saturated carbocycles. The second-order valence-electron chi connectivity index (χ2n) is 2.77. The minimum atomic E-state index is 1.14. The van der Waals surface area contributed by atoms with Crippen LogP contribution in [0.5, 0.6) is 0 Å². The molecule has 0 aliphatic heterocycles. The highest BCUT2D eigenvalue weighted by Crippen LogP contribution is 2.09. The smallest absolute Gasteiger partial charge is 0.0114 e. The molecule has 0 heteroatoms. The molecule has 0 spiro atoms. The van der Waals surface area contributed by atoms with Gasteiger partial charge >= 0.3 is 0 Å². The summed E-state index contributed by atoms with van der Waals surface area (Å²) < 4.78 is 0. The van der Waals surface area contributed by atoms with Gasteiger partial charge in [-0.3, -0.25) is 0 Å². The highest BCUT2D eigenvalue weighted by molar-refractivity contribution is 5.10. The fourth-order valence-corrected chi connectivity index (χ4v) is 0.963. The van der Waals surface area contributed by atoms with Crippen LogP contribution in [0.15, 0.2) is 23.3 Å². The Morgan fingerprint density at radius 3 is 2.20 bits per heavy atom. The van der Waals surface area contributed by atoms with Crippen molar-refractivity contribution in [1.29, 1.82) is 0 Å². The average Bonchev–Trinajstić information content (AvgIpc) is 1.88. The lowest BCUT2D eigenvalue weighted by atomic mass is 10.1. The second-order valence-corrected chi connectivity index (χ2v) is 2.77. The van der Waals surface area contributed by atoms with Gasteiger partial charge in [-0.1, -0.05) is 30.2 Å². The van der Waals surface area contributed by atoms with Crippen LogP contribution in [-0.2, 0) is 0 Å². The average molecular weight is 138 g/mol. The van der Waals surface area contributed by atoms with Crippen LogP contribution in [0.2, 0.25) is 0 Å². The lowest BCUT2D eigenvalue weighted by Gasteiger charge is -1.99. The van der Waals surface area contributed by atoms with Gasteiger partial charge in [0.05, 0.1) is 0 Å². The number of rotatable bonds is 3. The molecular formula is C10H18. The maximum absolute atomic E-state index is 2.28. The standard InChI is InChI=1S/C10H18/c1-5-7-10(4)8-9(3)6-2/h6-7H,5,8H2,1-4H3. The fourth-order valence-electron chi connectivity index (χ4n) is 0.963. The van der Waals surface area contributed by atoms with Crippen LogP contribution >= 0.6 is 0 Å². The van der Waals surface area contributed by atoms with Gasteiger partial charge in [-0.2, -0.15) is 0 Å². The van der Waals surface area contributed by atoms with Crippen molar-refractivity contribution >= 4 is 0 Å². The Morgan fingerprint density at radius 1 is 1.20 bits per heavy atom. The van der Waals surface area contributed by atoms with Gasteiger partial charge < -0.3 is 0 Å². The van der Waals surface area contributed by atoms with E-state index in [1.807, 2.05) is 0 Å². The molecule has 0 atom stereocenters. The van der Waals surface area contributed by atoms with Crippen LogP contribution in [0.3, 0.4) is 0 Å². The first-order valence-electron chi connectivity index (χ1n) is 3.98.